The van der Waals surface area contributed by atoms with E-state index in [4.69, 9.17) is 16.3 Å². The van der Waals surface area contributed by atoms with Crippen molar-refractivity contribution < 1.29 is 14.6 Å². The van der Waals surface area contributed by atoms with E-state index in [0.717, 1.165) is 11.3 Å². The summed E-state index contributed by atoms with van der Waals surface area (Å²) in [4.78, 5) is 20.4. The third-order valence-corrected chi connectivity index (χ3v) is 5.29. The molecule has 0 aliphatic carbocycles. The number of amides is 1. The Morgan fingerprint density at radius 3 is 2.88 bits per heavy atom. The molecule has 3 aromatic rings. The highest BCUT2D eigenvalue weighted by atomic mass is 35.5. The second-order valence-electron chi connectivity index (χ2n) is 7.91. The van der Waals surface area contributed by atoms with Crippen LogP contribution in [0.4, 0.5) is 11.4 Å². The highest BCUT2D eigenvalue weighted by Crippen LogP contribution is 2.41. The second kappa shape index (κ2) is 8.58. The van der Waals surface area contributed by atoms with E-state index in [0.29, 0.717) is 51.9 Å². The van der Waals surface area contributed by atoms with Gasteiger partial charge in [0.2, 0.25) is 0 Å². The van der Waals surface area contributed by atoms with Crippen molar-refractivity contribution in [3.05, 3.63) is 58.5 Å². The molecule has 1 aliphatic rings. The van der Waals surface area contributed by atoms with Crippen LogP contribution in [0.2, 0.25) is 5.02 Å². The molecule has 8 heteroatoms. The Bertz CT molecular complexity index is 1250. The number of pyridine rings is 1. The van der Waals surface area contributed by atoms with Crippen LogP contribution in [0.15, 0.2) is 36.7 Å². The van der Waals surface area contributed by atoms with Crippen LogP contribution >= 0.6 is 11.6 Å². The standard InChI is InChI=1S/C24H23ClN4O3/c1-24(2,31)10-7-14-13-26-11-8-15(14)20-21(19-17(28-20)9-12-27-23(19)30)29-18-6-4-5-16(25)22(18)32-3/h4-6,8,11,13,28-29,31H,9,12H2,1-3H3,(H,27,30). The van der Waals surface area contributed by atoms with Crippen LogP contribution in [0, 0.1) is 11.8 Å². The molecule has 7 nitrogen and oxygen atoms in total. The highest BCUT2D eigenvalue weighted by molar-refractivity contribution is 6.32. The van der Waals surface area contributed by atoms with E-state index in [1.54, 1.807) is 45.5 Å². The van der Waals surface area contributed by atoms with Crippen LogP contribution in [-0.2, 0) is 6.42 Å². The second-order valence-corrected chi connectivity index (χ2v) is 8.32. The number of nitrogens with one attached hydrogen (secondary N) is 3. The van der Waals surface area contributed by atoms with Gasteiger partial charge in [-0.25, -0.2) is 0 Å². The average molecular weight is 451 g/mol. The third-order valence-electron chi connectivity index (χ3n) is 4.99. The number of carbonyl (C=O) groups is 1. The molecule has 0 radical (unpaired) electrons. The van der Waals surface area contributed by atoms with Crippen LogP contribution in [0.5, 0.6) is 5.75 Å². The SMILES string of the molecule is COc1c(Cl)cccc1Nc1c(-c2ccncc2C#CC(C)(C)O)[nH]c2c1C(=O)NCC2. The van der Waals surface area contributed by atoms with E-state index < -0.39 is 5.60 Å². The first-order valence-corrected chi connectivity index (χ1v) is 10.5. The molecule has 32 heavy (non-hydrogen) atoms. The van der Waals surface area contributed by atoms with Crippen molar-refractivity contribution in [2.75, 3.05) is 19.0 Å². The number of carbonyl (C=O) groups excluding carboxylic acids is 1. The molecule has 0 bridgehead atoms. The molecule has 0 saturated heterocycles. The van der Waals surface area contributed by atoms with Crippen LogP contribution in [0.3, 0.4) is 0 Å². The fourth-order valence-corrected chi connectivity index (χ4v) is 3.84. The topological polar surface area (TPSA) is 99.3 Å². The molecule has 0 atom stereocenters. The minimum Gasteiger partial charge on any atom is -0.493 e. The predicted molar refractivity (Wildman–Crippen MR) is 125 cm³/mol. The quantitative estimate of drug-likeness (QED) is 0.452. The van der Waals surface area contributed by atoms with Crippen molar-refractivity contribution in [3.8, 4) is 28.8 Å². The number of halogens is 1. The van der Waals surface area contributed by atoms with Crippen LogP contribution in [0.1, 0.15) is 35.5 Å². The lowest BCUT2D eigenvalue weighted by atomic mass is 10.0. The summed E-state index contributed by atoms with van der Waals surface area (Å²) in [7, 11) is 1.54. The van der Waals surface area contributed by atoms with E-state index in [9.17, 15) is 9.90 Å². The number of hydrogen-bond donors (Lipinski definition) is 4. The molecule has 3 heterocycles. The average Bonchev–Trinajstić information content (AvgIpc) is 3.11. The summed E-state index contributed by atoms with van der Waals surface area (Å²) in [5.41, 5.74) is 3.48. The molecule has 0 spiro atoms. The number of benzene rings is 1. The Labute approximate surface area is 191 Å². The summed E-state index contributed by atoms with van der Waals surface area (Å²) >= 11 is 6.31. The molecule has 4 N–H and O–H groups in total. The predicted octanol–water partition coefficient (Wildman–Crippen LogP) is 3.89. The fourth-order valence-electron chi connectivity index (χ4n) is 3.59. The smallest absolute Gasteiger partial charge is 0.255 e. The zero-order valence-corrected chi connectivity index (χ0v) is 18.7. The van der Waals surface area contributed by atoms with E-state index in [1.165, 1.54) is 0 Å². The minimum absolute atomic E-state index is 0.171. The van der Waals surface area contributed by atoms with Crippen LogP contribution < -0.4 is 15.4 Å². The first-order valence-electron chi connectivity index (χ1n) is 10.1. The molecule has 0 saturated carbocycles. The van der Waals surface area contributed by atoms with Crippen LogP contribution in [0.25, 0.3) is 11.3 Å². The number of aliphatic hydroxyl groups is 1. The molecule has 1 aliphatic heterocycles. The van der Waals surface area contributed by atoms with Gasteiger partial charge >= 0.3 is 0 Å². The van der Waals surface area contributed by atoms with Crippen molar-refractivity contribution in [2.45, 2.75) is 25.9 Å². The van der Waals surface area contributed by atoms with Gasteiger partial charge in [-0.05, 0) is 32.0 Å². The number of anilines is 2. The Morgan fingerprint density at radius 1 is 1.31 bits per heavy atom. The largest absolute Gasteiger partial charge is 0.493 e. The van der Waals surface area contributed by atoms with Gasteiger partial charge in [-0.1, -0.05) is 29.5 Å². The fraction of sp³-hybridized carbons (Fsp3) is 0.250. The maximum atomic E-state index is 12.8. The summed E-state index contributed by atoms with van der Waals surface area (Å²) in [6.07, 6.45) is 3.96. The number of rotatable bonds is 4. The number of ether oxygens (including phenoxy) is 1. The van der Waals surface area contributed by atoms with E-state index in [2.05, 4.69) is 32.4 Å². The van der Waals surface area contributed by atoms with E-state index in [-0.39, 0.29) is 5.91 Å². The van der Waals surface area contributed by atoms with Gasteiger partial charge in [0.15, 0.2) is 5.75 Å². The molecular formula is C24H23ClN4O3. The van der Waals surface area contributed by atoms with Crippen molar-refractivity contribution in [1.29, 1.82) is 0 Å². The number of nitrogens with zero attached hydrogens (tertiary/aromatic N) is 1. The van der Waals surface area contributed by atoms with Gasteiger partial charge < -0.3 is 25.5 Å². The lowest BCUT2D eigenvalue weighted by molar-refractivity contribution is 0.0946. The van der Waals surface area contributed by atoms with Gasteiger partial charge in [0, 0.05) is 36.6 Å². The summed E-state index contributed by atoms with van der Waals surface area (Å²) in [6.45, 7) is 3.78. The summed E-state index contributed by atoms with van der Waals surface area (Å²) in [6, 6.07) is 7.19. The van der Waals surface area contributed by atoms with Crippen molar-refractivity contribution in [3.63, 3.8) is 0 Å². The van der Waals surface area contributed by atoms with Gasteiger partial charge in [0.25, 0.3) is 5.91 Å². The normalized spacial score (nSPS) is 13.0. The Morgan fingerprint density at radius 2 is 2.12 bits per heavy atom. The molecule has 0 unspecified atom stereocenters. The summed E-state index contributed by atoms with van der Waals surface area (Å²) < 4.78 is 5.48. The third kappa shape index (κ3) is 4.28. The Balaban J connectivity index is 1.92. The monoisotopic (exact) mass is 450 g/mol. The van der Waals surface area contributed by atoms with Crippen molar-refractivity contribution >= 4 is 28.9 Å². The minimum atomic E-state index is -1.16. The van der Waals surface area contributed by atoms with E-state index >= 15 is 0 Å². The molecule has 1 aromatic carbocycles. The number of H-pyrrole nitrogens is 1. The molecular weight excluding hydrogens is 428 g/mol. The Kier molecular flexibility index (Phi) is 5.83. The number of hydrogen-bond acceptors (Lipinski definition) is 5. The van der Waals surface area contributed by atoms with Crippen LogP contribution in [-0.4, -0.2) is 40.2 Å². The number of methoxy groups -OCH3 is 1. The lowest BCUT2D eigenvalue weighted by Gasteiger charge is -2.17. The summed E-state index contributed by atoms with van der Waals surface area (Å²) in [5.74, 6) is 6.14. The molecule has 164 valence electrons. The van der Waals surface area contributed by atoms with Gasteiger partial charge in [0.1, 0.15) is 5.60 Å². The first kappa shape index (κ1) is 21.8. The maximum absolute atomic E-state index is 12.8. The molecule has 1 amide bonds. The van der Waals surface area contributed by atoms with Gasteiger partial charge in [-0.3, -0.25) is 9.78 Å². The maximum Gasteiger partial charge on any atom is 0.255 e. The van der Waals surface area contributed by atoms with Gasteiger partial charge in [-0.2, -0.15) is 0 Å². The zero-order chi connectivity index (χ0) is 22.9. The van der Waals surface area contributed by atoms with Crippen molar-refractivity contribution in [2.24, 2.45) is 0 Å². The number of para-hydroxylation sites is 1. The van der Waals surface area contributed by atoms with Crippen molar-refractivity contribution in [1.82, 2.24) is 15.3 Å². The number of fused-ring (bicyclic) bond motifs is 1. The summed E-state index contributed by atoms with van der Waals surface area (Å²) in [5, 5.41) is 16.7. The van der Waals surface area contributed by atoms with Gasteiger partial charge in [0.05, 0.1) is 40.3 Å². The zero-order valence-electron chi connectivity index (χ0n) is 18.0. The Hall–Kier alpha value is -3.47. The number of aromatic nitrogens is 2. The highest BCUT2D eigenvalue weighted by Gasteiger charge is 2.28. The molecule has 4 rings (SSSR count). The lowest BCUT2D eigenvalue weighted by Crippen LogP contribution is -2.31. The first-order chi connectivity index (χ1) is 15.3. The molecule has 0 fully saturated rings. The number of aromatic amines is 1. The molecule has 2 aromatic heterocycles. The van der Waals surface area contributed by atoms with E-state index in [1.807, 2.05) is 12.1 Å². The van der Waals surface area contributed by atoms with Gasteiger partial charge in [-0.15, -0.1) is 0 Å².